The topological polar surface area (TPSA) is 44.7 Å². The van der Waals surface area contributed by atoms with Gasteiger partial charge >= 0.3 is 0 Å². The molecular formula is C42H13BF20N2O. The number of nitrogens with zero attached hydrogens (tertiary/aromatic N) is 2. The van der Waals surface area contributed by atoms with Gasteiger partial charge < -0.3 is 0 Å². The Labute approximate surface area is 353 Å². The van der Waals surface area contributed by atoms with E-state index in [1.54, 1.807) is 24.3 Å². The van der Waals surface area contributed by atoms with Gasteiger partial charge in [-0.1, -0.05) is 12.1 Å². The second kappa shape index (κ2) is 17.8. The van der Waals surface area contributed by atoms with E-state index >= 15 is 35.1 Å². The molecule has 1 aromatic heterocycles. The number of carbonyl (C=O) groups excluding carboxylic acids is 1. The molecule has 6 aromatic carbocycles. The third-order valence-corrected chi connectivity index (χ3v) is 10.1. The summed E-state index contributed by atoms with van der Waals surface area (Å²) in [7, 11) is 0. The van der Waals surface area contributed by atoms with Crippen molar-refractivity contribution in [1.82, 2.24) is 0 Å². The van der Waals surface area contributed by atoms with Crippen molar-refractivity contribution in [3.63, 3.8) is 0 Å². The summed E-state index contributed by atoms with van der Waals surface area (Å²) in [4.78, 5) is 12.4. The number of halogens is 20. The van der Waals surface area contributed by atoms with Gasteiger partial charge in [-0.25, -0.2) is 87.8 Å². The van der Waals surface area contributed by atoms with E-state index in [2.05, 4.69) is 6.07 Å². The van der Waals surface area contributed by atoms with E-state index in [1.807, 2.05) is 47.2 Å². The van der Waals surface area contributed by atoms with Crippen LogP contribution in [0.25, 0.3) is 10.9 Å². The smallest absolute Gasteiger partial charge is 0.227 e. The summed E-state index contributed by atoms with van der Waals surface area (Å²) in [5, 5.41) is 9.89. The zero-order chi connectivity index (χ0) is 49.0. The lowest BCUT2D eigenvalue weighted by Gasteiger charge is -2.44. The Morgan fingerprint density at radius 3 is 1.02 bits per heavy atom. The largest absolute Gasteiger partial charge is 0.287 e. The molecule has 0 atom stereocenters. The highest BCUT2D eigenvalue weighted by molar-refractivity contribution is 7.20. The quantitative estimate of drug-likeness (QED) is 0.0401. The normalized spacial score (nSPS) is 11.4. The molecule has 7 rings (SSSR count). The minimum absolute atomic E-state index is 0.0286. The van der Waals surface area contributed by atoms with Crippen LogP contribution in [0.5, 0.6) is 0 Å². The Hall–Kier alpha value is -7.45. The summed E-state index contributed by atoms with van der Waals surface area (Å²) in [6.45, 7) is 0.285. The van der Waals surface area contributed by atoms with Gasteiger partial charge in [-0.05, 0) is 36.4 Å². The van der Waals surface area contributed by atoms with E-state index in [4.69, 9.17) is 5.26 Å². The molecule has 0 N–H and O–H groups in total. The SMILES string of the molecule is Fc1c(F)c(F)c([B-](c2c(F)c(F)c(F)c(F)c2F)(c2c(F)c(F)c(F)c(F)c2F)c2c(F)c(F)c(F)c(F)c2F)c(F)c1F.N#Cc1ccc(C(=O)C[n+]2cccc3ccccc32)cc1. The Bertz CT molecular complexity index is 2820. The van der Waals surface area contributed by atoms with E-state index < -0.39 is 144 Å². The van der Waals surface area contributed by atoms with Crippen LogP contribution in [0.4, 0.5) is 87.8 Å². The van der Waals surface area contributed by atoms with Crippen LogP contribution in [0, 0.1) is 128 Å². The Kier molecular flexibility index (Phi) is 13.0. The van der Waals surface area contributed by atoms with Gasteiger partial charge in [0, 0.05) is 23.1 Å². The monoisotopic (exact) mass is 952 g/mol. The number of pyridine rings is 1. The van der Waals surface area contributed by atoms with Gasteiger partial charge in [0.15, 0.2) is 76.0 Å². The lowest BCUT2D eigenvalue weighted by molar-refractivity contribution is -0.657. The molecule has 0 fully saturated rings. The van der Waals surface area contributed by atoms with Crippen molar-refractivity contribution in [2.75, 3.05) is 0 Å². The summed E-state index contributed by atoms with van der Waals surface area (Å²) in [5.74, 6) is -71.4. The van der Waals surface area contributed by atoms with Crippen molar-refractivity contribution >= 4 is 44.7 Å². The lowest BCUT2D eigenvalue weighted by Crippen LogP contribution is -2.81. The highest BCUT2D eigenvalue weighted by Gasteiger charge is 2.52. The standard InChI is InChI=1S/C24BF20.C18H13N2O/c26-5-1(6(27)14(35)21(42)13(5)34)25(2-7(28)15(36)22(43)16(37)8(2)29,3-9(30)17(38)23(44)18(39)10(3)31)4-11(32)19(40)24(45)20(41)12(4)33;19-12-14-7-9-16(10-8-14)18(21)13-20-11-3-5-15-4-1-2-6-17(15)20/h;1-11H,13H2/q-1;+1. The number of Topliss-reactive ketones (excluding diaryl/α,β-unsaturated/α-hetero) is 1. The number of ketones is 1. The molecule has 7 aromatic rings. The molecule has 0 aliphatic rings. The van der Waals surface area contributed by atoms with Crippen LogP contribution >= 0.6 is 0 Å². The number of hydrogen-bond donors (Lipinski definition) is 0. The van der Waals surface area contributed by atoms with Crippen LogP contribution in [0.2, 0.25) is 0 Å². The van der Waals surface area contributed by atoms with Gasteiger partial charge in [-0.2, -0.15) is 9.83 Å². The van der Waals surface area contributed by atoms with Gasteiger partial charge in [-0.3, -0.25) is 4.79 Å². The van der Waals surface area contributed by atoms with Gasteiger partial charge in [0.1, 0.15) is 52.7 Å². The van der Waals surface area contributed by atoms with Crippen LogP contribution in [-0.4, -0.2) is 11.9 Å². The Morgan fingerprint density at radius 2 is 0.697 bits per heavy atom. The first-order valence-corrected chi connectivity index (χ1v) is 17.6. The highest BCUT2D eigenvalue weighted by Crippen LogP contribution is 2.31. The number of para-hydroxylation sites is 1. The molecule has 0 spiro atoms. The molecule has 0 unspecified atom stereocenters. The number of benzene rings is 6. The van der Waals surface area contributed by atoms with Crippen LogP contribution < -0.4 is 26.4 Å². The summed E-state index contributed by atoms with van der Waals surface area (Å²) in [6.07, 6.45) is -5.31. The third-order valence-electron chi connectivity index (χ3n) is 10.1. The first kappa shape index (κ1) is 48.0. The molecule has 0 bridgehead atoms. The van der Waals surface area contributed by atoms with Crippen molar-refractivity contribution in [2.45, 2.75) is 6.54 Å². The van der Waals surface area contributed by atoms with Crippen LogP contribution in [-0.2, 0) is 6.54 Å². The molecule has 3 nitrogen and oxygen atoms in total. The summed E-state index contributed by atoms with van der Waals surface area (Å²) < 4.78 is 296. The first-order valence-electron chi connectivity index (χ1n) is 17.6. The van der Waals surface area contributed by atoms with Crippen LogP contribution in [0.15, 0.2) is 66.9 Å². The number of rotatable bonds is 7. The van der Waals surface area contributed by atoms with E-state index in [9.17, 15) is 57.5 Å². The van der Waals surface area contributed by atoms with Crippen molar-refractivity contribution < 1.29 is 97.2 Å². The Morgan fingerprint density at radius 1 is 0.409 bits per heavy atom. The molecule has 340 valence electrons. The van der Waals surface area contributed by atoms with Gasteiger partial charge in [0.25, 0.3) is 0 Å². The number of hydrogen-bond acceptors (Lipinski definition) is 2. The summed E-state index contributed by atoms with van der Waals surface area (Å²) >= 11 is 0. The maximum absolute atomic E-state index is 15.4. The molecule has 1 heterocycles. The minimum Gasteiger partial charge on any atom is -0.287 e. The van der Waals surface area contributed by atoms with Crippen molar-refractivity contribution in [3.8, 4) is 6.07 Å². The van der Waals surface area contributed by atoms with Crippen molar-refractivity contribution in [1.29, 1.82) is 5.26 Å². The second-order valence-electron chi connectivity index (χ2n) is 13.6. The summed E-state index contributed by atoms with van der Waals surface area (Å²) in [6, 6.07) is 20.7. The molecule has 0 saturated heterocycles. The zero-order valence-electron chi connectivity index (χ0n) is 31.5. The summed E-state index contributed by atoms with van der Waals surface area (Å²) in [5.41, 5.74) is -12.1. The average molecular weight is 952 g/mol. The predicted molar refractivity (Wildman–Crippen MR) is 189 cm³/mol. The molecule has 0 saturated carbocycles. The zero-order valence-corrected chi connectivity index (χ0v) is 31.5. The highest BCUT2D eigenvalue weighted by atomic mass is 19.2. The minimum atomic E-state index is -7.22. The Balaban J connectivity index is 0.000000284. The number of aromatic nitrogens is 1. The van der Waals surface area contributed by atoms with Crippen molar-refractivity contribution in [2.24, 2.45) is 0 Å². The van der Waals surface area contributed by atoms with Gasteiger partial charge in [-0.15, -0.1) is 21.9 Å². The second-order valence-corrected chi connectivity index (χ2v) is 13.6. The molecule has 0 aliphatic heterocycles. The lowest BCUT2D eigenvalue weighted by atomic mass is 9.12. The van der Waals surface area contributed by atoms with E-state index in [-0.39, 0.29) is 12.3 Å². The fraction of sp³-hybridized carbons (Fsp3) is 0.0238. The number of nitriles is 1. The van der Waals surface area contributed by atoms with Gasteiger partial charge in [0.05, 0.1) is 11.6 Å². The maximum Gasteiger partial charge on any atom is 0.227 e. The average Bonchev–Trinajstić information content (AvgIpc) is 3.31. The fourth-order valence-electron chi connectivity index (χ4n) is 7.21. The molecule has 66 heavy (non-hydrogen) atoms. The van der Waals surface area contributed by atoms with E-state index in [0.717, 1.165) is 10.9 Å². The van der Waals surface area contributed by atoms with Crippen LogP contribution in [0.1, 0.15) is 15.9 Å². The molecule has 0 aliphatic carbocycles. The number of carbonyl (C=O) groups is 1. The molecular weight excluding hydrogens is 939 g/mol. The predicted octanol–water partition coefficient (Wildman–Crippen LogP) is 8.73. The molecule has 0 radical (unpaired) electrons. The van der Waals surface area contributed by atoms with Gasteiger partial charge in [0.2, 0.25) is 17.8 Å². The van der Waals surface area contributed by atoms with Crippen LogP contribution in [0.3, 0.4) is 0 Å². The first-order chi connectivity index (χ1) is 31.0. The van der Waals surface area contributed by atoms with Crippen molar-refractivity contribution in [3.05, 3.63) is 194 Å². The number of fused-ring (bicyclic) bond motifs is 1. The maximum atomic E-state index is 15.4. The van der Waals surface area contributed by atoms with E-state index in [1.165, 1.54) is 0 Å². The molecule has 24 heteroatoms. The fourth-order valence-corrected chi connectivity index (χ4v) is 7.21. The third kappa shape index (κ3) is 7.40. The molecule has 0 amide bonds. The van der Waals surface area contributed by atoms with E-state index in [0.29, 0.717) is 11.1 Å².